The van der Waals surface area contributed by atoms with Crippen LogP contribution in [0, 0.1) is 34.5 Å². The lowest BCUT2D eigenvalue weighted by Crippen LogP contribution is -2.51. The molecule has 0 spiro atoms. The number of carbonyl (C=O) groups excluding carboxylic acids is 1. The molecule has 4 aliphatic carbocycles. The van der Waals surface area contributed by atoms with Crippen LogP contribution in [0.3, 0.4) is 0 Å². The number of rotatable bonds is 2. The van der Waals surface area contributed by atoms with Crippen molar-refractivity contribution in [3.05, 3.63) is 23.4 Å². The minimum absolute atomic E-state index is 0.00637. The van der Waals surface area contributed by atoms with E-state index in [0.717, 1.165) is 37.7 Å². The fourth-order valence-corrected chi connectivity index (χ4v) is 6.98. The van der Waals surface area contributed by atoms with E-state index in [1.807, 2.05) is 0 Å². The molecule has 0 amide bonds. The van der Waals surface area contributed by atoms with Crippen LogP contribution in [0.25, 0.3) is 0 Å². The summed E-state index contributed by atoms with van der Waals surface area (Å²) in [5.41, 5.74) is 7.83. The third kappa shape index (κ3) is 2.23. The molecule has 0 aliphatic heterocycles. The Morgan fingerprint density at radius 3 is 2.72 bits per heavy atom. The van der Waals surface area contributed by atoms with Crippen molar-refractivity contribution in [1.29, 1.82) is 0 Å². The van der Waals surface area contributed by atoms with Gasteiger partial charge in [-0.3, -0.25) is 4.79 Å². The molecule has 0 aromatic carbocycles. The molecule has 0 aromatic heterocycles. The van der Waals surface area contributed by atoms with Crippen LogP contribution in [0.2, 0.25) is 0 Å². The van der Waals surface area contributed by atoms with Crippen LogP contribution in [0.5, 0.6) is 0 Å². The largest absolute Gasteiger partial charge is 0.396 e. The number of aliphatic hydroxyl groups is 2. The SMILES string of the molecule is C[C@]12CC[C@H]3[C@@H](C=CC4=C(N)C(=O)CC[C@@]43C)[C@@H]1CC[C@@H]2[C@@H](O)CO. The third-order valence-corrected chi connectivity index (χ3v) is 8.44. The van der Waals surface area contributed by atoms with Gasteiger partial charge in [-0.15, -0.1) is 0 Å². The molecule has 4 nitrogen and oxygen atoms in total. The highest BCUT2D eigenvalue weighted by molar-refractivity contribution is 5.97. The first kappa shape index (κ1) is 17.3. The molecule has 4 aliphatic rings. The average Bonchev–Trinajstić information content (AvgIpc) is 2.95. The zero-order chi connectivity index (χ0) is 18.0. The van der Waals surface area contributed by atoms with Crippen LogP contribution in [0.1, 0.15) is 52.4 Å². The van der Waals surface area contributed by atoms with E-state index >= 15 is 0 Å². The number of allylic oxidation sites excluding steroid dienone is 4. The first-order valence-electron chi connectivity index (χ1n) is 9.83. The summed E-state index contributed by atoms with van der Waals surface area (Å²) in [6.07, 6.45) is 9.62. The van der Waals surface area contributed by atoms with Gasteiger partial charge in [-0.25, -0.2) is 0 Å². The second-order valence-corrected chi connectivity index (χ2v) is 9.30. The van der Waals surface area contributed by atoms with Gasteiger partial charge in [0.05, 0.1) is 18.4 Å². The highest BCUT2D eigenvalue weighted by atomic mass is 16.3. The number of aliphatic hydroxyl groups excluding tert-OH is 2. The Hall–Kier alpha value is -1.13. The highest BCUT2D eigenvalue weighted by Crippen LogP contribution is 2.65. The van der Waals surface area contributed by atoms with Crippen LogP contribution in [-0.2, 0) is 4.79 Å². The van der Waals surface area contributed by atoms with Crippen LogP contribution >= 0.6 is 0 Å². The van der Waals surface area contributed by atoms with Crippen molar-refractivity contribution in [3.63, 3.8) is 0 Å². The highest BCUT2D eigenvalue weighted by Gasteiger charge is 2.59. The van der Waals surface area contributed by atoms with Crippen molar-refractivity contribution in [2.75, 3.05) is 6.61 Å². The molecule has 4 N–H and O–H groups in total. The van der Waals surface area contributed by atoms with Gasteiger partial charge in [0.25, 0.3) is 0 Å². The second-order valence-electron chi connectivity index (χ2n) is 9.30. The molecule has 0 saturated heterocycles. The van der Waals surface area contributed by atoms with Crippen molar-refractivity contribution >= 4 is 5.78 Å². The quantitative estimate of drug-likeness (QED) is 0.718. The van der Waals surface area contributed by atoms with Gasteiger partial charge in [0.1, 0.15) is 0 Å². The first-order chi connectivity index (χ1) is 11.8. The third-order valence-electron chi connectivity index (χ3n) is 8.44. The van der Waals surface area contributed by atoms with Crippen LogP contribution in [-0.4, -0.2) is 28.7 Å². The van der Waals surface area contributed by atoms with Crippen LogP contribution < -0.4 is 5.73 Å². The van der Waals surface area contributed by atoms with E-state index in [9.17, 15) is 15.0 Å². The standard InChI is InChI=1S/C21H31NO3/c1-20-9-7-14-12(13(20)5-6-15(20)18(25)11-23)3-4-16-19(22)17(24)8-10-21(14,16)2/h3-4,12-15,18,23,25H,5-11,22H2,1-2H3/t12-,13-,14-,15+,18-,20-,21+/m0/s1. The smallest absolute Gasteiger partial charge is 0.178 e. The summed E-state index contributed by atoms with van der Waals surface area (Å²) in [5, 5.41) is 19.8. The molecular formula is C21H31NO3. The van der Waals surface area contributed by atoms with Crippen LogP contribution in [0.4, 0.5) is 0 Å². The van der Waals surface area contributed by atoms with E-state index in [1.54, 1.807) is 0 Å². The van der Waals surface area contributed by atoms with Crippen molar-refractivity contribution in [2.45, 2.75) is 58.5 Å². The van der Waals surface area contributed by atoms with E-state index in [0.29, 0.717) is 29.9 Å². The zero-order valence-corrected chi connectivity index (χ0v) is 15.4. The lowest BCUT2D eigenvalue weighted by Gasteiger charge is -2.56. The summed E-state index contributed by atoms with van der Waals surface area (Å²) in [5.74, 6) is 1.86. The summed E-state index contributed by atoms with van der Waals surface area (Å²) in [6, 6.07) is 0. The molecule has 4 rings (SSSR count). The Balaban J connectivity index is 1.71. The minimum atomic E-state index is -0.604. The number of hydrogen-bond acceptors (Lipinski definition) is 4. The Kier molecular flexibility index (Phi) is 3.93. The molecule has 0 aromatic rings. The van der Waals surface area contributed by atoms with Crippen LogP contribution in [0.15, 0.2) is 23.4 Å². The molecular weight excluding hydrogens is 314 g/mol. The maximum atomic E-state index is 12.1. The van der Waals surface area contributed by atoms with E-state index in [2.05, 4.69) is 26.0 Å². The molecule has 4 heteroatoms. The predicted octanol–water partition coefficient (Wildman–Crippen LogP) is 2.55. The van der Waals surface area contributed by atoms with Gasteiger partial charge in [-0.05, 0) is 72.2 Å². The molecule has 0 heterocycles. The van der Waals surface area contributed by atoms with Gasteiger partial charge in [0, 0.05) is 6.42 Å². The number of ketones is 1. The van der Waals surface area contributed by atoms with Crippen molar-refractivity contribution in [3.8, 4) is 0 Å². The fraction of sp³-hybridized carbons (Fsp3) is 0.762. The van der Waals surface area contributed by atoms with E-state index in [1.165, 1.54) is 0 Å². The van der Waals surface area contributed by atoms with Gasteiger partial charge in [0.2, 0.25) is 0 Å². The Labute approximate surface area is 150 Å². The number of hydrogen-bond donors (Lipinski definition) is 3. The molecule has 7 atom stereocenters. The average molecular weight is 345 g/mol. The monoisotopic (exact) mass is 345 g/mol. The molecule has 0 radical (unpaired) electrons. The Bertz CT molecular complexity index is 654. The second kappa shape index (κ2) is 5.68. The normalized spacial score (nSPS) is 47.3. The molecule has 0 unspecified atom stereocenters. The molecule has 2 saturated carbocycles. The number of fused-ring (bicyclic) bond motifs is 5. The number of nitrogens with two attached hydrogens (primary N) is 1. The molecule has 138 valence electrons. The maximum absolute atomic E-state index is 12.1. The molecule has 2 fully saturated rings. The molecule has 0 bridgehead atoms. The lowest BCUT2D eigenvalue weighted by molar-refractivity contribution is -0.118. The zero-order valence-electron chi connectivity index (χ0n) is 15.4. The maximum Gasteiger partial charge on any atom is 0.178 e. The first-order valence-corrected chi connectivity index (χ1v) is 9.83. The summed E-state index contributed by atoms with van der Waals surface area (Å²) in [6.45, 7) is 4.49. The van der Waals surface area contributed by atoms with Gasteiger partial charge in [-0.1, -0.05) is 26.0 Å². The fourth-order valence-electron chi connectivity index (χ4n) is 6.98. The van der Waals surface area contributed by atoms with Gasteiger partial charge in [-0.2, -0.15) is 0 Å². The Morgan fingerprint density at radius 1 is 1.24 bits per heavy atom. The van der Waals surface area contributed by atoms with Gasteiger partial charge < -0.3 is 15.9 Å². The number of Topliss-reactive ketones (excluding diaryl/α,β-unsaturated/α-hetero) is 1. The van der Waals surface area contributed by atoms with E-state index in [-0.39, 0.29) is 29.1 Å². The topological polar surface area (TPSA) is 83.6 Å². The van der Waals surface area contributed by atoms with Crippen molar-refractivity contribution in [2.24, 2.45) is 40.2 Å². The number of carbonyl (C=O) groups is 1. The summed E-state index contributed by atoms with van der Waals surface area (Å²) in [4.78, 5) is 12.1. The minimum Gasteiger partial charge on any atom is -0.396 e. The van der Waals surface area contributed by atoms with E-state index < -0.39 is 6.10 Å². The Morgan fingerprint density at radius 2 is 2.00 bits per heavy atom. The summed E-state index contributed by atoms with van der Waals surface area (Å²) in [7, 11) is 0. The van der Waals surface area contributed by atoms with Gasteiger partial charge >= 0.3 is 0 Å². The molecule has 25 heavy (non-hydrogen) atoms. The van der Waals surface area contributed by atoms with Crippen molar-refractivity contribution < 1.29 is 15.0 Å². The lowest BCUT2D eigenvalue weighted by atomic mass is 9.48. The van der Waals surface area contributed by atoms with E-state index in [4.69, 9.17) is 5.73 Å². The van der Waals surface area contributed by atoms with Crippen molar-refractivity contribution in [1.82, 2.24) is 0 Å². The summed E-state index contributed by atoms with van der Waals surface area (Å²) < 4.78 is 0. The van der Waals surface area contributed by atoms with Gasteiger partial charge in [0.15, 0.2) is 5.78 Å². The summed E-state index contributed by atoms with van der Waals surface area (Å²) >= 11 is 0. The predicted molar refractivity (Wildman–Crippen MR) is 96.3 cm³/mol.